The summed E-state index contributed by atoms with van der Waals surface area (Å²) < 4.78 is 0. The number of nitrogens with one attached hydrogen (secondary N) is 1. The van der Waals surface area contributed by atoms with Crippen LogP contribution in [0.5, 0.6) is 0 Å². The monoisotopic (exact) mass is 245 g/mol. The van der Waals surface area contributed by atoms with Gasteiger partial charge in [-0.25, -0.2) is 0 Å². The molecule has 18 heavy (non-hydrogen) atoms. The molecular weight excluding hydrogens is 226 g/mol. The van der Waals surface area contributed by atoms with E-state index in [-0.39, 0.29) is 11.9 Å². The van der Waals surface area contributed by atoms with Crippen LogP contribution in [-0.2, 0) is 4.79 Å². The summed E-state index contributed by atoms with van der Waals surface area (Å²) in [6.45, 7) is 3.26. The standard InChI is InChI=1S/C14H19N3O/c1-16-9-12-7-15-8-14(18)17(12)13(10-16)11-5-3-2-4-6-11/h2-6,12-13,15H,7-10H2,1H3. The maximum Gasteiger partial charge on any atom is 0.237 e. The first-order chi connectivity index (χ1) is 8.75. The molecule has 0 aliphatic carbocycles. The lowest BCUT2D eigenvalue weighted by Crippen LogP contribution is -2.63. The van der Waals surface area contributed by atoms with Gasteiger partial charge in [0.05, 0.1) is 18.6 Å². The van der Waals surface area contributed by atoms with Crippen LogP contribution >= 0.6 is 0 Å². The van der Waals surface area contributed by atoms with Crippen LogP contribution < -0.4 is 5.32 Å². The van der Waals surface area contributed by atoms with Gasteiger partial charge in [0.2, 0.25) is 5.91 Å². The van der Waals surface area contributed by atoms with Crippen LogP contribution in [0, 0.1) is 0 Å². The molecule has 0 radical (unpaired) electrons. The minimum atomic E-state index is 0.199. The number of carbonyl (C=O) groups is 1. The fraction of sp³-hybridized carbons (Fsp3) is 0.500. The van der Waals surface area contributed by atoms with Gasteiger partial charge in [-0.1, -0.05) is 30.3 Å². The van der Waals surface area contributed by atoms with Crippen molar-refractivity contribution in [2.24, 2.45) is 0 Å². The van der Waals surface area contributed by atoms with Gasteiger partial charge in [0.1, 0.15) is 0 Å². The summed E-state index contributed by atoms with van der Waals surface area (Å²) in [6.07, 6.45) is 0. The van der Waals surface area contributed by atoms with Crippen LogP contribution in [0.15, 0.2) is 30.3 Å². The number of carbonyl (C=O) groups excluding carboxylic acids is 1. The van der Waals surface area contributed by atoms with E-state index in [1.807, 2.05) is 18.2 Å². The van der Waals surface area contributed by atoms with E-state index < -0.39 is 0 Å². The van der Waals surface area contributed by atoms with Crippen LogP contribution in [0.3, 0.4) is 0 Å². The summed E-state index contributed by atoms with van der Waals surface area (Å²) in [7, 11) is 2.13. The van der Waals surface area contributed by atoms with E-state index in [4.69, 9.17) is 0 Å². The molecule has 3 rings (SSSR count). The van der Waals surface area contributed by atoms with E-state index in [1.54, 1.807) is 0 Å². The van der Waals surface area contributed by atoms with E-state index in [1.165, 1.54) is 5.56 Å². The van der Waals surface area contributed by atoms with Crippen molar-refractivity contribution in [2.45, 2.75) is 12.1 Å². The quantitative estimate of drug-likeness (QED) is 0.781. The Morgan fingerprint density at radius 1 is 1.22 bits per heavy atom. The van der Waals surface area contributed by atoms with Crippen molar-refractivity contribution in [1.82, 2.24) is 15.1 Å². The molecule has 1 N–H and O–H groups in total. The lowest BCUT2D eigenvalue weighted by Gasteiger charge is -2.48. The second-order valence-electron chi connectivity index (χ2n) is 5.23. The number of piperazine rings is 2. The Morgan fingerprint density at radius 3 is 2.78 bits per heavy atom. The van der Waals surface area contributed by atoms with Crippen LogP contribution in [-0.4, -0.2) is 55.0 Å². The summed E-state index contributed by atoms with van der Waals surface area (Å²) in [5.41, 5.74) is 1.24. The van der Waals surface area contributed by atoms with Crippen molar-refractivity contribution < 1.29 is 4.79 Å². The smallest absolute Gasteiger partial charge is 0.237 e. The molecule has 1 aromatic carbocycles. The normalized spacial score (nSPS) is 29.2. The number of hydrogen-bond donors (Lipinski definition) is 1. The predicted molar refractivity (Wildman–Crippen MR) is 70.2 cm³/mol. The molecule has 0 saturated carbocycles. The Bertz CT molecular complexity index is 434. The molecule has 2 atom stereocenters. The third-order valence-corrected chi connectivity index (χ3v) is 3.86. The first-order valence-electron chi connectivity index (χ1n) is 6.51. The molecule has 2 aliphatic heterocycles. The Hall–Kier alpha value is -1.39. The molecule has 1 aromatic rings. The highest BCUT2D eigenvalue weighted by Gasteiger charge is 2.38. The van der Waals surface area contributed by atoms with Gasteiger partial charge >= 0.3 is 0 Å². The molecule has 4 nitrogen and oxygen atoms in total. The second-order valence-corrected chi connectivity index (χ2v) is 5.23. The van der Waals surface area contributed by atoms with Crippen LogP contribution in [0.1, 0.15) is 11.6 Å². The van der Waals surface area contributed by atoms with Crippen molar-refractivity contribution in [3.05, 3.63) is 35.9 Å². The van der Waals surface area contributed by atoms with Gasteiger partial charge in [-0.15, -0.1) is 0 Å². The zero-order chi connectivity index (χ0) is 12.5. The third-order valence-electron chi connectivity index (χ3n) is 3.86. The lowest BCUT2D eigenvalue weighted by molar-refractivity contribution is -0.142. The van der Waals surface area contributed by atoms with Crippen molar-refractivity contribution in [1.29, 1.82) is 0 Å². The topological polar surface area (TPSA) is 35.6 Å². The number of nitrogens with zero attached hydrogens (tertiary/aromatic N) is 2. The third kappa shape index (κ3) is 2.02. The number of amides is 1. The van der Waals surface area contributed by atoms with Crippen molar-refractivity contribution >= 4 is 5.91 Å². The molecule has 2 aliphatic rings. The van der Waals surface area contributed by atoms with E-state index in [0.29, 0.717) is 12.6 Å². The molecule has 2 heterocycles. The molecule has 0 aromatic heterocycles. The Kier molecular flexibility index (Phi) is 3.06. The van der Waals surface area contributed by atoms with Gasteiger partial charge in [0.15, 0.2) is 0 Å². The van der Waals surface area contributed by atoms with Crippen molar-refractivity contribution in [3.8, 4) is 0 Å². The fourth-order valence-corrected chi connectivity index (χ4v) is 3.08. The fourth-order valence-electron chi connectivity index (χ4n) is 3.08. The van der Waals surface area contributed by atoms with E-state index in [9.17, 15) is 4.79 Å². The second kappa shape index (κ2) is 4.71. The summed E-state index contributed by atoms with van der Waals surface area (Å²) in [5, 5.41) is 3.21. The molecule has 2 unspecified atom stereocenters. The SMILES string of the molecule is CN1CC2CNCC(=O)N2C(c2ccccc2)C1. The van der Waals surface area contributed by atoms with Crippen LogP contribution in [0.4, 0.5) is 0 Å². The largest absolute Gasteiger partial charge is 0.328 e. The van der Waals surface area contributed by atoms with E-state index in [2.05, 4.69) is 34.3 Å². The van der Waals surface area contributed by atoms with E-state index in [0.717, 1.165) is 19.6 Å². The van der Waals surface area contributed by atoms with Crippen molar-refractivity contribution in [3.63, 3.8) is 0 Å². The highest BCUT2D eigenvalue weighted by Crippen LogP contribution is 2.29. The summed E-state index contributed by atoms with van der Waals surface area (Å²) in [5.74, 6) is 0.230. The highest BCUT2D eigenvalue weighted by atomic mass is 16.2. The van der Waals surface area contributed by atoms with Gasteiger partial charge in [0, 0.05) is 19.6 Å². The van der Waals surface area contributed by atoms with Gasteiger partial charge in [-0.3, -0.25) is 4.79 Å². The zero-order valence-corrected chi connectivity index (χ0v) is 10.7. The summed E-state index contributed by atoms with van der Waals surface area (Å²) in [6, 6.07) is 10.9. The number of benzene rings is 1. The minimum absolute atomic E-state index is 0.199. The van der Waals surface area contributed by atoms with Gasteiger partial charge < -0.3 is 15.1 Å². The van der Waals surface area contributed by atoms with Gasteiger partial charge in [-0.2, -0.15) is 0 Å². The first kappa shape index (κ1) is 11.7. The van der Waals surface area contributed by atoms with E-state index >= 15 is 0 Å². The molecule has 2 fully saturated rings. The molecule has 2 saturated heterocycles. The van der Waals surface area contributed by atoms with Gasteiger partial charge in [0.25, 0.3) is 0 Å². The number of likely N-dealkylation sites (N-methyl/N-ethyl adjacent to an activating group) is 1. The number of fused-ring (bicyclic) bond motifs is 1. The molecule has 0 spiro atoms. The molecular formula is C14H19N3O. The van der Waals surface area contributed by atoms with Gasteiger partial charge in [-0.05, 0) is 12.6 Å². The average molecular weight is 245 g/mol. The molecule has 96 valence electrons. The predicted octanol–water partition coefficient (Wildman–Crippen LogP) is 0.473. The summed E-state index contributed by atoms with van der Waals surface area (Å²) in [4.78, 5) is 16.6. The molecule has 4 heteroatoms. The first-order valence-corrected chi connectivity index (χ1v) is 6.51. The van der Waals surface area contributed by atoms with Crippen LogP contribution in [0.2, 0.25) is 0 Å². The zero-order valence-electron chi connectivity index (χ0n) is 10.7. The average Bonchev–Trinajstić information content (AvgIpc) is 2.39. The van der Waals surface area contributed by atoms with Crippen molar-refractivity contribution in [2.75, 3.05) is 33.2 Å². The highest BCUT2D eigenvalue weighted by molar-refractivity contribution is 5.80. The Labute approximate surface area is 108 Å². The number of hydrogen-bond acceptors (Lipinski definition) is 3. The number of rotatable bonds is 1. The maximum absolute atomic E-state index is 12.2. The van der Waals surface area contributed by atoms with Crippen LogP contribution in [0.25, 0.3) is 0 Å². The maximum atomic E-state index is 12.2. The minimum Gasteiger partial charge on any atom is -0.328 e. The molecule has 1 amide bonds. The summed E-state index contributed by atoms with van der Waals surface area (Å²) >= 11 is 0. The Morgan fingerprint density at radius 2 is 2.00 bits per heavy atom. The lowest BCUT2D eigenvalue weighted by atomic mass is 9.97. The Balaban J connectivity index is 1.93. The molecule has 0 bridgehead atoms.